The predicted octanol–water partition coefficient (Wildman–Crippen LogP) is 3.26. The largest absolute Gasteiger partial charge is 0.493 e. The fraction of sp³-hybridized carbons (Fsp3) is 0.333. The predicted molar refractivity (Wildman–Crippen MR) is 104 cm³/mol. The maximum atomic E-state index is 12.1. The lowest BCUT2D eigenvalue weighted by molar-refractivity contribution is -0.122. The minimum atomic E-state index is -0.390. The summed E-state index contributed by atoms with van der Waals surface area (Å²) < 4.78 is 11.1. The van der Waals surface area contributed by atoms with Crippen LogP contribution in [0, 0.1) is 12.8 Å². The Morgan fingerprint density at radius 1 is 0.963 bits per heavy atom. The highest BCUT2D eigenvalue weighted by Crippen LogP contribution is 2.13. The van der Waals surface area contributed by atoms with Crippen LogP contribution in [0.3, 0.4) is 0 Å². The Morgan fingerprint density at radius 2 is 1.70 bits per heavy atom. The zero-order chi connectivity index (χ0) is 19.6. The van der Waals surface area contributed by atoms with Gasteiger partial charge in [0.05, 0.1) is 19.6 Å². The lowest BCUT2D eigenvalue weighted by Gasteiger charge is -2.10. The van der Waals surface area contributed by atoms with Crippen molar-refractivity contribution in [1.82, 2.24) is 10.9 Å². The third-order valence-electron chi connectivity index (χ3n) is 3.60. The molecule has 0 spiro atoms. The number of rotatable bonds is 8. The number of hydrazine groups is 1. The van der Waals surface area contributed by atoms with Gasteiger partial charge in [0.15, 0.2) is 0 Å². The summed E-state index contributed by atoms with van der Waals surface area (Å²) in [7, 11) is 0. The maximum absolute atomic E-state index is 12.1. The summed E-state index contributed by atoms with van der Waals surface area (Å²) in [5, 5.41) is 0. The first kappa shape index (κ1) is 20.3. The van der Waals surface area contributed by atoms with E-state index < -0.39 is 5.91 Å². The van der Waals surface area contributed by atoms with Crippen LogP contribution in [-0.2, 0) is 4.79 Å². The minimum absolute atomic E-state index is 0.135. The topological polar surface area (TPSA) is 76.7 Å². The zero-order valence-electron chi connectivity index (χ0n) is 16.0. The number of hydrogen-bond donors (Lipinski definition) is 2. The molecule has 0 heterocycles. The molecule has 0 aromatic heterocycles. The molecular weight excluding hydrogens is 344 g/mol. The second-order valence-electron chi connectivity index (χ2n) is 6.65. The van der Waals surface area contributed by atoms with Crippen LogP contribution in [-0.4, -0.2) is 25.0 Å². The van der Waals surface area contributed by atoms with Gasteiger partial charge in [0, 0.05) is 5.56 Å². The van der Waals surface area contributed by atoms with Crippen molar-refractivity contribution < 1.29 is 19.1 Å². The second kappa shape index (κ2) is 10.2. The van der Waals surface area contributed by atoms with Crippen molar-refractivity contribution in [1.29, 1.82) is 0 Å². The van der Waals surface area contributed by atoms with Crippen molar-refractivity contribution in [3.63, 3.8) is 0 Å². The standard InChI is InChI=1S/C21H26N2O4/c1-15(2)14-27-18-9-7-17(8-10-18)21(25)23-22-20(24)11-12-26-19-6-4-5-16(3)13-19/h4-10,13,15H,11-12,14H2,1-3H3,(H,22,24)(H,23,25). The van der Waals surface area contributed by atoms with E-state index in [1.165, 1.54) is 0 Å². The number of aryl methyl sites for hydroxylation is 1. The third kappa shape index (κ3) is 7.40. The number of carbonyl (C=O) groups is 2. The Bertz CT molecular complexity index is 757. The number of benzene rings is 2. The summed E-state index contributed by atoms with van der Waals surface area (Å²) in [4.78, 5) is 23.9. The average molecular weight is 370 g/mol. The average Bonchev–Trinajstić information content (AvgIpc) is 2.65. The van der Waals surface area contributed by atoms with Gasteiger partial charge >= 0.3 is 0 Å². The van der Waals surface area contributed by atoms with Crippen LogP contribution in [0.15, 0.2) is 48.5 Å². The Balaban J connectivity index is 1.70. The first-order valence-corrected chi connectivity index (χ1v) is 8.95. The van der Waals surface area contributed by atoms with Gasteiger partial charge < -0.3 is 9.47 Å². The van der Waals surface area contributed by atoms with E-state index in [1.54, 1.807) is 24.3 Å². The van der Waals surface area contributed by atoms with Gasteiger partial charge in [0.25, 0.3) is 5.91 Å². The first-order chi connectivity index (χ1) is 12.9. The Morgan fingerprint density at radius 3 is 2.37 bits per heavy atom. The van der Waals surface area contributed by atoms with Crippen LogP contribution in [0.2, 0.25) is 0 Å². The lowest BCUT2D eigenvalue weighted by Crippen LogP contribution is -2.42. The molecule has 0 unspecified atom stereocenters. The van der Waals surface area contributed by atoms with E-state index in [-0.39, 0.29) is 18.9 Å². The monoisotopic (exact) mass is 370 g/mol. The molecule has 0 aliphatic heterocycles. The molecule has 0 aliphatic rings. The van der Waals surface area contributed by atoms with E-state index >= 15 is 0 Å². The SMILES string of the molecule is Cc1cccc(OCCC(=O)NNC(=O)c2ccc(OCC(C)C)cc2)c1. The van der Waals surface area contributed by atoms with Crippen LogP contribution in [0.4, 0.5) is 0 Å². The molecule has 6 heteroatoms. The van der Waals surface area contributed by atoms with Crippen molar-refractivity contribution in [3.05, 3.63) is 59.7 Å². The van der Waals surface area contributed by atoms with Crippen molar-refractivity contribution in [2.75, 3.05) is 13.2 Å². The van der Waals surface area contributed by atoms with Crippen molar-refractivity contribution in [2.45, 2.75) is 27.2 Å². The summed E-state index contributed by atoms with van der Waals surface area (Å²) >= 11 is 0. The summed E-state index contributed by atoms with van der Waals surface area (Å²) in [6.07, 6.45) is 0.135. The van der Waals surface area contributed by atoms with E-state index in [1.807, 2.05) is 31.2 Å². The maximum Gasteiger partial charge on any atom is 0.269 e. The van der Waals surface area contributed by atoms with Gasteiger partial charge in [-0.15, -0.1) is 0 Å². The van der Waals surface area contributed by atoms with Gasteiger partial charge in [0.1, 0.15) is 11.5 Å². The molecular formula is C21H26N2O4. The number of hydrogen-bond acceptors (Lipinski definition) is 4. The number of nitrogens with one attached hydrogen (secondary N) is 2. The molecule has 27 heavy (non-hydrogen) atoms. The van der Waals surface area contributed by atoms with Gasteiger partial charge in [-0.2, -0.15) is 0 Å². The van der Waals surface area contributed by atoms with Gasteiger partial charge in [-0.25, -0.2) is 0 Å². The van der Waals surface area contributed by atoms with Gasteiger partial charge in [-0.3, -0.25) is 20.4 Å². The molecule has 2 rings (SSSR count). The van der Waals surface area contributed by atoms with Crippen molar-refractivity contribution >= 4 is 11.8 Å². The first-order valence-electron chi connectivity index (χ1n) is 8.95. The fourth-order valence-corrected chi connectivity index (χ4v) is 2.19. The molecule has 0 bridgehead atoms. The van der Waals surface area contributed by atoms with Crippen LogP contribution in [0.25, 0.3) is 0 Å². The Kier molecular flexibility index (Phi) is 7.67. The molecule has 0 saturated carbocycles. The molecule has 2 aromatic carbocycles. The van der Waals surface area contributed by atoms with Gasteiger partial charge in [-0.05, 0) is 54.8 Å². The summed E-state index contributed by atoms with van der Waals surface area (Å²) in [6, 6.07) is 14.4. The quantitative estimate of drug-likeness (QED) is 0.699. The number of amides is 2. The van der Waals surface area contributed by atoms with Gasteiger partial charge in [0.2, 0.25) is 5.91 Å². The van der Waals surface area contributed by atoms with E-state index in [9.17, 15) is 9.59 Å². The van der Waals surface area contributed by atoms with E-state index in [0.29, 0.717) is 29.6 Å². The van der Waals surface area contributed by atoms with E-state index in [2.05, 4.69) is 24.7 Å². The third-order valence-corrected chi connectivity index (χ3v) is 3.60. The van der Waals surface area contributed by atoms with E-state index in [4.69, 9.17) is 9.47 Å². The molecule has 0 radical (unpaired) electrons. The minimum Gasteiger partial charge on any atom is -0.493 e. The molecule has 2 aromatic rings. The summed E-state index contributed by atoms with van der Waals surface area (Å²) in [5.74, 6) is 1.13. The molecule has 0 saturated heterocycles. The van der Waals surface area contributed by atoms with Crippen LogP contribution < -0.4 is 20.3 Å². The second-order valence-corrected chi connectivity index (χ2v) is 6.65. The molecule has 0 aliphatic carbocycles. The molecule has 2 amide bonds. The highest BCUT2D eigenvalue weighted by atomic mass is 16.5. The molecule has 0 atom stereocenters. The highest BCUT2D eigenvalue weighted by molar-refractivity contribution is 5.95. The smallest absolute Gasteiger partial charge is 0.269 e. The molecule has 2 N–H and O–H groups in total. The Hall–Kier alpha value is -3.02. The van der Waals surface area contributed by atoms with Crippen LogP contribution in [0.5, 0.6) is 11.5 Å². The normalized spacial score (nSPS) is 10.4. The van der Waals surface area contributed by atoms with Crippen LogP contribution in [0.1, 0.15) is 36.2 Å². The van der Waals surface area contributed by atoms with Gasteiger partial charge in [-0.1, -0.05) is 26.0 Å². The number of carbonyl (C=O) groups excluding carboxylic acids is 2. The van der Waals surface area contributed by atoms with Crippen molar-refractivity contribution in [3.8, 4) is 11.5 Å². The fourth-order valence-electron chi connectivity index (χ4n) is 2.19. The lowest BCUT2D eigenvalue weighted by atomic mass is 10.2. The molecule has 0 fully saturated rings. The van der Waals surface area contributed by atoms with Crippen molar-refractivity contribution in [2.24, 2.45) is 5.92 Å². The number of ether oxygens (including phenoxy) is 2. The van der Waals surface area contributed by atoms with E-state index in [0.717, 1.165) is 5.56 Å². The zero-order valence-corrected chi connectivity index (χ0v) is 16.0. The molecule has 6 nitrogen and oxygen atoms in total. The molecule has 144 valence electrons. The summed E-state index contributed by atoms with van der Waals surface area (Å²) in [6.45, 7) is 6.95. The Labute approximate surface area is 159 Å². The highest BCUT2D eigenvalue weighted by Gasteiger charge is 2.08. The summed E-state index contributed by atoms with van der Waals surface area (Å²) in [5.41, 5.74) is 6.30. The van der Waals surface area contributed by atoms with Crippen LogP contribution >= 0.6 is 0 Å².